The van der Waals surface area contributed by atoms with E-state index in [2.05, 4.69) is 15.6 Å². The van der Waals surface area contributed by atoms with Gasteiger partial charge in [0, 0.05) is 43.9 Å². The number of halogens is 2. The Balaban J connectivity index is 1.72. The number of carbonyl (C=O) groups is 2. The number of carbonyl (C=O) groups excluding carboxylic acids is 2. The van der Waals surface area contributed by atoms with Crippen LogP contribution >= 0.6 is 0 Å². The maximum absolute atomic E-state index is 13.7. The fraction of sp³-hybridized carbons (Fsp3) is 0.0952. The normalized spacial score (nSPS) is 10.3. The number of nitrogens with zero attached hydrogens (tertiary/aromatic N) is 2. The summed E-state index contributed by atoms with van der Waals surface area (Å²) in [4.78, 5) is 30.6. The van der Waals surface area contributed by atoms with E-state index in [1.807, 2.05) is 31.1 Å². The molecule has 3 aromatic rings. The lowest BCUT2D eigenvalue weighted by Gasteiger charge is -2.13. The van der Waals surface area contributed by atoms with Crippen molar-refractivity contribution in [1.82, 2.24) is 4.98 Å². The summed E-state index contributed by atoms with van der Waals surface area (Å²) >= 11 is 0. The van der Waals surface area contributed by atoms with Crippen LogP contribution in [0.5, 0.6) is 0 Å². The smallest absolute Gasteiger partial charge is 0.257 e. The molecule has 29 heavy (non-hydrogen) atoms. The first-order valence-electron chi connectivity index (χ1n) is 8.63. The van der Waals surface area contributed by atoms with E-state index in [1.165, 1.54) is 18.5 Å². The zero-order valence-electron chi connectivity index (χ0n) is 15.7. The molecule has 3 rings (SSSR count). The van der Waals surface area contributed by atoms with E-state index in [-0.39, 0.29) is 16.8 Å². The van der Waals surface area contributed by atoms with Crippen molar-refractivity contribution in [1.29, 1.82) is 0 Å². The standard InChI is InChI=1S/C21H18F2N4O2/c1-27(2)17-6-4-16(5-7-17)25-20(28)13-9-14(12-24-11-13)21(29)26-19-8-3-15(22)10-18(19)23/h3-12H,1-2H3,(H,25,28)(H,26,29). The average Bonchev–Trinajstić information content (AvgIpc) is 2.70. The first kappa shape index (κ1) is 19.9. The van der Waals surface area contributed by atoms with Crippen molar-refractivity contribution in [3.63, 3.8) is 0 Å². The van der Waals surface area contributed by atoms with Crippen LogP contribution in [0.1, 0.15) is 20.7 Å². The van der Waals surface area contributed by atoms with Crippen molar-refractivity contribution in [2.75, 3.05) is 29.6 Å². The van der Waals surface area contributed by atoms with Crippen molar-refractivity contribution in [3.8, 4) is 0 Å². The highest BCUT2D eigenvalue weighted by Gasteiger charge is 2.14. The van der Waals surface area contributed by atoms with Gasteiger partial charge in [-0.25, -0.2) is 8.78 Å². The summed E-state index contributed by atoms with van der Waals surface area (Å²) in [5, 5.41) is 5.05. The van der Waals surface area contributed by atoms with E-state index >= 15 is 0 Å². The molecule has 1 aromatic heterocycles. The summed E-state index contributed by atoms with van der Waals surface area (Å²) in [5.41, 5.74) is 1.62. The molecule has 0 spiro atoms. The third-order valence-electron chi connectivity index (χ3n) is 4.08. The molecule has 0 aliphatic rings. The number of hydrogen-bond acceptors (Lipinski definition) is 4. The summed E-state index contributed by atoms with van der Waals surface area (Å²) in [6.07, 6.45) is 2.57. The van der Waals surface area contributed by atoms with Gasteiger partial charge in [-0.05, 0) is 42.5 Å². The molecule has 0 saturated carbocycles. The lowest BCUT2D eigenvalue weighted by atomic mass is 10.1. The van der Waals surface area contributed by atoms with Crippen LogP contribution in [0.2, 0.25) is 0 Å². The van der Waals surface area contributed by atoms with E-state index in [4.69, 9.17) is 0 Å². The SMILES string of the molecule is CN(C)c1ccc(NC(=O)c2cncc(C(=O)Nc3ccc(F)cc3F)c2)cc1. The molecule has 0 radical (unpaired) electrons. The van der Waals surface area contributed by atoms with E-state index in [0.717, 1.165) is 17.8 Å². The molecule has 2 amide bonds. The first-order chi connectivity index (χ1) is 13.8. The summed E-state index contributed by atoms with van der Waals surface area (Å²) in [7, 11) is 3.82. The van der Waals surface area contributed by atoms with Gasteiger partial charge < -0.3 is 15.5 Å². The summed E-state index contributed by atoms with van der Waals surface area (Å²) in [6.45, 7) is 0. The second-order valence-corrected chi connectivity index (χ2v) is 6.44. The third kappa shape index (κ3) is 4.92. The zero-order valence-corrected chi connectivity index (χ0v) is 15.7. The Kier molecular flexibility index (Phi) is 5.82. The molecule has 0 aliphatic heterocycles. The summed E-state index contributed by atoms with van der Waals surface area (Å²) in [6, 6.07) is 11.4. The number of nitrogens with one attached hydrogen (secondary N) is 2. The topological polar surface area (TPSA) is 74.3 Å². The Morgan fingerprint density at radius 2 is 1.48 bits per heavy atom. The number of aromatic nitrogens is 1. The Morgan fingerprint density at radius 3 is 2.07 bits per heavy atom. The van der Waals surface area contributed by atoms with Crippen LogP contribution in [0.25, 0.3) is 0 Å². The number of pyridine rings is 1. The van der Waals surface area contributed by atoms with Crippen LogP contribution in [0, 0.1) is 11.6 Å². The maximum atomic E-state index is 13.7. The minimum atomic E-state index is -0.902. The second kappa shape index (κ2) is 8.47. The minimum absolute atomic E-state index is 0.0596. The largest absolute Gasteiger partial charge is 0.378 e. The van der Waals surface area contributed by atoms with Crippen LogP contribution in [0.4, 0.5) is 25.8 Å². The van der Waals surface area contributed by atoms with Crippen molar-refractivity contribution < 1.29 is 18.4 Å². The van der Waals surface area contributed by atoms with Gasteiger partial charge in [-0.3, -0.25) is 14.6 Å². The van der Waals surface area contributed by atoms with Gasteiger partial charge >= 0.3 is 0 Å². The van der Waals surface area contributed by atoms with E-state index < -0.39 is 23.4 Å². The fourth-order valence-corrected chi connectivity index (χ4v) is 2.52. The summed E-state index contributed by atoms with van der Waals surface area (Å²) < 4.78 is 26.7. The molecular formula is C21H18F2N4O2. The molecule has 0 unspecified atom stereocenters. The van der Waals surface area contributed by atoms with Crippen molar-refractivity contribution >= 4 is 28.9 Å². The molecule has 0 saturated heterocycles. The lowest BCUT2D eigenvalue weighted by molar-refractivity contribution is 0.102. The average molecular weight is 396 g/mol. The molecule has 6 nitrogen and oxygen atoms in total. The molecule has 8 heteroatoms. The van der Waals surface area contributed by atoms with E-state index in [1.54, 1.807) is 12.1 Å². The lowest BCUT2D eigenvalue weighted by Crippen LogP contribution is -2.17. The highest BCUT2D eigenvalue weighted by molar-refractivity contribution is 6.08. The number of benzene rings is 2. The van der Waals surface area contributed by atoms with Crippen LogP contribution in [0.15, 0.2) is 60.9 Å². The molecule has 0 fully saturated rings. The van der Waals surface area contributed by atoms with Crippen molar-refractivity contribution in [2.45, 2.75) is 0 Å². The van der Waals surface area contributed by atoms with Gasteiger partial charge in [0.2, 0.25) is 0 Å². The second-order valence-electron chi connectivity index (χ2n) is 6.44. The van der Waals surface area contributed by atoms with E-state index in [9.17, 15) is 18.4 Å². The summed E-state index contributed by atoms with van der Waals surface area (Å²) in [5.74, 6) is -2.77. The molecule has 2 N–H and O–H groups in total. The zero-order chi connectivity index (χ0) is 21.0. The van der Waals surface area contributed by atoms with Crippen molar-refractivity contribution in [3.05, 3.63) is 83.7 Å². The van der Waals surface area contributed by atoms with E-state index in [0.29, 0.717) is 11.8 Å². The van der Waals surface area contributed by atoms with Crippen LogP contribution < -0.4 is 15.5 Å². The molecule has 148 valence electrons. The maximum Gasteiger partial charge on any atom is 0.257 e. The van der Waals surface area contributed by atoms with Crippen LogP contribution in [0.3, 0.4) is 0 Å². The van der Waals surface area contributed by atoms with Gasteiger partial charge in [0.1, 0.15) is 11.6 Å². The van der Waals surface area contributed by atoms with Gasteiger partial charge in [0.25, 0.3) is 11.8 Å². The highest BCUT2D eigenvalue weighted by atomic mass is 19.1. The number of anilines is 3. The van der Waals surface area contributed by atoms with Gasteiger partial charge in [0.05, 0.1) is 16.8 Å². The van der Waals surface area contributed by atoms with Gasteiger partial charge in [0.15, 0.2) is 0 Å². The van der Waals surface area contributed by atoms with Gasteiger partial charge in [-0.15, -0.1) is 0 Å². The Hall–Kier alpha value is -3.81. The number of rotatable bonds is 5. The molecule has 2 aromatic carbocycles. The molecule has 1 heterocycles. The monoisotopic (exact) mass is 396 g/mol. The molecule has 0 bridgehead atoms. The fourth-order valence-electron chi connectivity index (χ4n) is 2.52. The van der Waals surface area contributed by atoms with Gasteiger partial charge in [-0.2, -0.15) is 0 Å². The van der Waals surface area contributed by atoms with Crippen LogP contribution in [-0.2, 0) is 0 Å². The van der Waals surface area contributed by atoms with Crippen molar-refractivity contribution in [2.24, 2.45) is 0 Å². The Bertz CT molecular complexity index is 1050. The predicted molar refractivity (Wildman–Crippen MR) is 107 cm³/mol. The Labute approximate surface area is 166 Å². The number of amides is 2. The third-order valence-corrected chi connectivity index (χ3v) is 4.08. The number of hydrogen-bond donors (Lipinski definition) is 2. The predicted octanol–water partition coefficient (Wildman–Crippen LogP) is 3.93. The quantitative estimate of drug-likeness (QED) is 0.685. The Morgan fingerprint density at radius 1 is 0.862 bits per heavy atom. The minimum Gasteiger partial charge on any atom is -0.378 e. The first-order valence-corrected chi connectivity index (χ1v) is 8.63. The molecule has 0 atom stereocenters. The molecule has 0 aliphatic carbocycles. The van der Waals surface area contributed by atoms with Crippen LogP contribution in [-0.4, -0.2) is 30.9 Å². The highest BCUT2D eigenvalue weighted by Crippen LogP contribution is 2.18. The van der Waals surface area contributed by atoms with Gasteiger partial charge in [-0.1, -0.05) is 0 Å². The molecular weight excluding hydrogens is 378 g/mol.